The van der Waals surface area contributed by atoms with E-state index in [1.54, 1.807) is 12.1 Å². The van der Waals surface area contributed by atoms with Gasteiger partial charge in [-0.2, -0.15) is 0 Å². The summed E-state index contributed by atoms with van der Waals surface area (Å²) in [7, 11) is 3.89. The first kappa shape index (κ1) is 34.6. The monoisotopic (exact) mass is 592 g/mol. The number of ether oxygens (including phenoxy) is 1. The lowest BCUT2D eigenvalue weighted by molar-refractivity contribution is 0.102. The van der Waals surface area contributed by atoms with Gasteiger partial charge in [-0.1, -0.05) is 0 Å². The van der Waals surface area contributed by atoms with Crippen molar-refractivity contribution in [3.05, 3.63) is 71.4 Å². The number of piperazine rings is 1. The first-order valence-corrected chi connectivity index (χ1v) is 13.6. The number of carbonyl (C=O) groups excluding carboxylic acids is 1. The number of rotatable bonds is 12. The van der Waals surface area contributed by atoms with Gasteiger partial charge in [-0.05, 0) is 77.1 Å². The van der Waals surface area contributed by atoms with Crippen LogP contribution in [0.25, 0.3) is 0 Å². The summed E-state index contributed by atoms with van der Waals surface area (Å²) in [5, 5.41) is 5.91. The van der Waals surface area contributed by atoms with Crippen LogP contribution in [0.4, 0.5) is 28.9 Å². The van der Waals surface area contributed by atoms with E-state index < -0.39 is 24.0 Å². The number of amides is 1. The van der Waals surface area contributed by atoms with Crippen molar-refractivity contribution in [3.63, 3.8) is 0 Å². The minimum atomic E-state index is -2.17. The molecular formula is C30H40F4N6O2. The van der Waals surface area contributed by atoms with Crippen LogP contribution in [0.5, 0.6) is 0 Å². The quantitative estimate of drug-likeness (QED) is 0.209. The molecule has 1 amide bonds. The summed E-state index contributed by atoms with van der Waals surface area (Å²) in [6, 6.07) is 8.53. The highest BCUT2D eigenvalue weighted by Crippen LogP contribution is 2.32. The van der Waals surface area contributed by atoms with E-state index in [4.69, 9.17) is 4.74 Å². The minimum Gasteiger partial charge on any atom is -0.378 e. The summed E-state index contributed by atoms with van der Waals surface area (Å²) in [5.74, 6) is -1.34. The number of allylic oxidation sites excluding steroid dienone is 1. The highest BCUT2D eigenvalue weighted by atomic mass is 19.3. The molecule has 0 spiro atoms. The van der Waals surface area contributed by atoms with Gasteiger partial charge in [0.25, 0.3) is 5.91 Å². The topological polar surface area (TPSA) is 81.6 Å². The predicted octanol–water partition coefficient (Wildman–Crippen LogP) is 4.87. The van der Waals surface area contributed by atoms with Crippen LogP contribution in [0, 0.1) is 11.6 Å². The van der Waals surface area contributed by atoms with Gasteiger partial charge >= 0.3 is 0 Å². The van der Waals surface area contributed by atoms with Crippen molar-refractivity contribution in [1.29, 1.82) is 0 Å². The normalized spacial score (nSPS) is 16.0. The zero-order valence-electron chi connectivity index (χ0n) is 24.5. The zero-order valence-corrected chi connectivity index (χ0v) is 24.5. The Kier molecular flexibility index (Phi) is 14.9. The molecule has 3 rings (SSSR count). The standard InChI is InChI=1S/C28H36F2N6O2.C2H4F2/c1-20-19-36(14-13-35(20)4)27-18-24(30)23(25(9-10-31-2)33-12-16-38-15-11-32-3)17-26(27)34-28(37)21-5-7-22(29)8-6-21;1-2(3)4/h5-10,17-18,20,32H,2,11-16,19H2,1,3-4H3,(H,34,37);2H,1H3/b10-9-,33-25?;. The number of anilines is 2. The lowest BCUT2D eigenvalue weighted by Gasteiger charge is -2.39. The number of nitrogens with one attached hydrogen (secondary N) is 2. The van der Waals surface area contributed by atoms with Gasteiger partial charge in [-0.3, -0.25) is 14.8 Å². The maximum atomic E-state index is 15.6. The number of benzene rings is 2. The molecule has 12 heteroatoms. The van der Waals surface area contributed by atoms with Crippen LogP contribution >= 0.6 is 0 Å². The largest absolute Gasteiger partial charge is 0.378 e. The minimum absolute atomic E-state index is 0.209. The van der Waals surface area contributed by atoms with E-state index in [-0.39, 0.29) is 11.6 Å². The van der Waals surface area contributed by atoms with Gasteiger partial charge in [-0.25, -0.2) is 17.6 Å². The molecule has 1 fully saturated rings. The number of nitrogens with zero attached hydrogens (tertiary/aromatic N) is 4. The Balaban J connectivity index is 0.00000144. The Morgan fingerprint density at radius 3 is 2.50 bits per heavy atom. The lowest BCUT2D eigenvalue weighted by Crippen LogP contribution is -2.50. The molecular weight excluding hydrogens is 552 g/mol. The molecule has 1 atom stereocenters. The van der Waals surface area contributed by atoms with Crippen molar-refractivity contribution >= 4 is 29.7 Å². The number of halogens is 4. The molecule has 2 N–H and O–H groups in total. The molecule has 1 aliphatic heterocycles. The number of likely N-dealkylation sites (N-methyl/N-ethyl adjacent to an activating group) is 2. The van der Waals surface area contributed by atoms with Crippen LogP contribution in [-0.2, 0) is 4.74 Å². The Morgan fingerprint density at radius 2 is 1.88 bits per heavy atom. The van der Waals surface area contributed by atoms with Crippen molar-refractivity contribution in [2.24, 2.45) is 9.98 Å². The molecule has 1 unspecified atom stereocenters. The molecule has 2 aromatic carbocycles. The second-order valence-electron chi connectivity index (χ2n) is 9.59. The summed E-state index contributed by atoms with van der Waals surface area (Å²) >= 11 is 0. The molecule has 42 heavy (non-hydrogen) atoms. The Labute approximate surface area is 245 Å². The van der Waals surface area contributed by atoms with Crippen molar-refractivity contribution in [2.45, 2.75) is 26.3 Å². The van der Waals surface area contributed by atoms with Crippen LogP contribution in [0.1, 0.15) is 29.8 Å². The maximum absolute atomic E-state index is 15.6. The Hall–Kier alpha value is -3.61. The summed E-state index contributed by atoms with van der Waals surface area (Å²) in [5.41, 5.74) is 1.86. The Bertz CT molecular complexity index is 1200. The van der Waals surface area contributed by atoms with Crippen LogP contribution < -0.4 is 15.5 Å². The molecule has 1 aliphatic rings. The van der Waals surface area contributed by atoms with E-state index in [9.17, 15) is 18.0 Å². The van der Waals surface area contributed by atoms with E-state index in [0.717, 1.165) is 20.0 Å². The molecule has 0 radical (unpaired) electrons. The van der Waals surface area contributed by atoms with Crippen molar-refractivity contribution in [3.8, 4) is 0 Å². The summed E-state index contributed by atoms with van der Waals surface area (Å²) < 4.78 is 55.2. The van der Waals surface area contributed by atoms with Gasteiger partial charge in [-0.15, -0.1) is 0 Å². The lowest BCUT2D eigenvalue weighted by atomic mass is 10.0. The van der Waals surface area contributed by atoms with Crippen molar-refractivity contribution in [2.75, 3.05) is 70.2 Å². The SMILES string of the molecule is C=N/C=C\C(=NCCOCCNC)c1cc(NC(=O)c2ccc(F)cc2)c(N2CCN(C)C(C)C2)cc1F.CC(F)F. The highest BCUT2D eigenvalue weighted by Gasteiger charge is 2.25. The summed E-state index contributed by atoms with van der Waals surface area (Å²) in [6.07, 6.45) is 0.842. The fraction of sp³-hybridized carbons (Fsp3) is 0.433. The number of aliphatic imine (C=N–C) groups is 2. The van der Waals surface area contributed by atoms with Crippen molar-refractivity contribution < 1.29 is 27.1 Å². The van der Waals surface area contributed by atoms with Gasteiger partial charge in [0.2, 0.25) is 6.43 Å². The van der Waals surface area contributed by atoms with Crippen LogP contribution in [0.15, 0.2) is 58.7 Å². The van der Waals surface area contributed by atoms with Crippen LogP contribution in [0.2, 0.25) is 0 Å². The van der Waals surface area contributed by atoms with Gasteiger partial charge in [0.1, 0.15) is 11.6 Å². The third kappa shape index (κ3) is 11.3. The molecule has 0 aliphatic carbocycles. The summed E-state index contributed by atoms with van der Waals surface area (Å²) in [4.78, 5) is 25.6. The molecule has 1 saturated heterocycles. The van der Waals surface area contributed by atoms with E-state index in [1.807, 2.05) is 14.1 Å². The smallest absolute Gasteiger partial charge is 0.255 e. The third-order valence-corrected chi connectivity index (χ3v) is 6.37. The molecule has 0 aromatic heterocycles. The third-order valence-electron chi connectivity index (χ3n) is 6.37. The molecule has 230 valence electrons. The van der Waals surface area contributed by atoms with Crippen molar-refractivity contribution in [1.82, 2.24) is 10.2 Å². The number of alkyl halides is 2. The summed E-state index contributed by atoms with van der Waals surface area (Å²) in [6.45, 7) is 10.5. The highest BCUT2D eigenvalue weighted by molar-refractivity contribution is 6.11. The fourth-order valence-corrected chi connectivity index (χ4v) is 4.04. The van der Waals surface area contributed by atoms with Crippen LogP contribution in [-0.4, -0.2) is 95.7 Å². The number of carbonyl (C=O) groups is 1. The maximum Gasteiger partial charge on any atom is 0.255 e. The molecule has 8 nitrogen and oxygen atoms in total. The molecule has 1 heterocycles. The van der Waals surface area contributed by atoms with Crippen LogP contribution in [0.3, 0.4) is 0 Å². The van der Waals surface area contributed by atoms with Gasteiger partial charge in [0.15, 0.2) is 0 Å². The van der Waals surface area contributed by atoms with Gasteiger partial charge < -0.3 is 25.2 Å². The van der Waals surface area contributed by atoms with E-state index in [2.05, 4.69) is 44.1 Å². The first-order chi connectivity index (χ1) is 20.1. The predicted molar refractivity (Wildman–Crippen MR) is 162 cm³/mol. The molecule has 0 saturated carbocycles. The first-order valence-electron chi connectivity index (χ1n) is 13.6. The molecule has 2 aromatic rings. The van der Waals surface area contributed by atoms with E-state index in [0.29, 0.717) is 55.5 Å². The fourth-order valence-electron chi connectivity index (χ4n) is 4.04. The number of hydrogen-bond acceptors (Lipinski definition) is 7. The molecule has 0 bridgehead atoms. The van der Waals surface area contributed by atoms with Gasteiger partial charge in [0, 0.05) is 49.5 Å². The van der Waals surface area contributed by atoms with E-state index in [1.165, 1.54) is 36.5 Å². The average molecular weight is 593 g/mol. The number of hydrogen-bond donors (Lipinski definition) is 2. The zero-order chi connectivity index (χ0) is 31.1. The van der Waals surface area contributed by atoms with E-state index >= 15 is 4.39 Å². The second kappa shape index (κ2) is 18.0. The Morgan fingerprint density at radius 1 is 1.19 bits per heavy atom. The average Bonchev–Trinajstić information content (AvgIpc) is 2.94. The second-order valence-corrected chi connectivity index (χ2v) is 9.59. The van der Waals surface area contributed by atoms with Gasteiger partial charge in [0.05, 0.1) is 36.8 Å².